The van der Waals surface area contributed by atoms with Crippen LogP contribution in [0.2, 0.25) is 5.02 Å². The molecule has 0 aromatic heterocycles. The molecule has 0 spiro atoms. The summed E-state index contributed by atoms with van der Waals surface area (Å²) in [6.45, 7) is 2.78. The zero-order chi connectivity index (χ0) is 21.5. The highest BCUT2D eigenvalue weighted by atomic mass is 35.5. The van der Waals surface area contributed by atoms with Gasteiger partial charge in [0.25, 0.3) is 0 Å². The number of urea groups is 1. The van der Waals surface area contributed by atoms with Gasteiger partial charge in [-0.25, -0.2) is 13.2 Å². The number of aromatic hydroxyl groups is 1. The van der Waals surface area contributed by atoms with Crippen LogP contribution < -0.4 is 10.6 Å². The maximum atomic E-state index is 13.3. The molecule has 0 bridgehead atoms. The van der Waals surface area contributed by atoms with E-state index in [1.165, 1.54) is 0 Å². The summed E-state index contributed by atoms with van der Waals surface area (Å²) < 4.78 is 61.8. The second kappa shape index (κ2) is 7.47. The third kappa shape index (κ3) is 3.93. The van der Waals surface area contributed by atoms with E-state index >= 15 is 0 Å². The Balaban J connectivity index is 2.39. The molecule has 0 heterocycles. The number of anilines is 1. The van der Waals surface area contributed by atoms with Crippen LogP contribution in [0, 0.1) is 0 Å². The molecule has 0 saturated carbocycles. The number of alkyl halides is 3. The molecule has 28 heavy (non-hydrogen) atoms. The quantitative estimate of drug-likeness (QED) is 0.478. The predicted molar refractivity (Wildman–Crippen MR) is 99.4 cm³/mol. The molecule has 1 aliphatic carbocycles. The molecule has 6 nitrogen and oxygen atoms in total. The second-order valence-corrected chi connectivity index (χ2v) is 9.80. The molecule has 156 valence electrons. The highest BCUT2D eigenvalue weighted by molar-refractivity contribution is 7.93. The number of hydrogen-bond acceptors (Lipinski definition) is 4. The minimum Gasteiger partial charge on any atom is -0.504 e. The van der Waals surface area contributed by atoms with Gasteiger partial charge in [-0.05, 0) is 45.7 Å². The molecule has 0 fully saturated rings. The largest absolute Gasteiger partial charge is 0.504 e. The van der Waals surface area contributed by atoms with Gasteiger partial charge in [-0.3, -0.25) is 0 Å². The van der Waals surface area contributed by atoms with Crippen molar-refractivity contribution in [1.82, 2.24) is 5.32 Å². The first-order valence-electron chi connectivity index (χ1n) is 8.27. The number of hydrogen-bond donors (Lipinski definition) is 3. The molecule has 0 aliphatic heterocycles. The van der Waals surface area contributed by atoms with Crippen molar-refractivity contribution in [1.29, 1.82) is 0 Å². The molecule has 11 heteroatoms. The summed E-state index contributed by atoms with van der Waals surface area (Å²) in [5.74, 6) is -1.06. The Morgan fingerprint density at radius 3 is 2.39 bits per heavy atom. The molecular formula is C17H20ClF3N2O4S. The Bertz CT molecular complexity index is 927. The van der Waals surface area contributed by atoms with E-state index in [1.807, 2.05) is 13.0 Å². The van der Waals surface area contributed by atoms with E-state index in [2.05, 4.69) is 10.6 Å². The molecule has 0 saturated heterocycles. The zero-order valence-corrected chi connectivity index (χ0v) is 16.9. The van der Waals surface area contributed by atoms with Crippen LogP contribution in [-0.2, 0) is 9.84 Å². The van der Waals surface area contributed by atoms with Crippen LogP contribution in [0.15, 0.2) is 28.7 Å². The van der Waals surface area contributed by atoms with Gasteiger partial charge in [-0.2, -0.15) is 13.2 Å². The molecule has 1 unspecified atom stereocenters. The van der Waals surface area contributed by atoms with Gasteiger partial charge in [0.05, 0.1) is 16.8 Å². The lowest BCUT2D eigenvalue weighted by molar-refractivity contribution is -0.153. The van der Waals surface area contributed by atoms with Crippen LogP contribution in [-0.4, -0.2) is 36.5 Å². The number of nitrogens with one attached hydrogen (secondary N) is 2. The van der Waals surface area contributed by atoms with Crippen molar-refractivity contribution < 1.29 is 31.5 Å². The van der Waals surface area contributed by atoms with E-state index in [9.17, 15) is 31.5 Å². The third-order valence-electron chi connectivity index (χ3n) is 4.73. The Morgan fingerprint density at radius 2 is 1.89 bits per heavy atom. The van der Waals surface area contributed by atoms with Crippen LogP contribution in [0.25, 0.3) is 0 Å². The maximum absolute atomic E-state index is 13.3. The number of carbonyl (C=O) groups excluding carboxylic acids is 1. The highest BCUT2D eigenvalue weighted by Gasteiger charge is 2.58. The Labute approximate surface area is 165 Å². The number of phenols is 1. The number of allylic oxidation sites excluding steroid dienone is 1. The lowest BCUT2D eigenvalue weighted by Crippen LogP contribution is -2.46. The summed E-state index contributed by atoms with van der Waals surface area (Å²) in [6.07, 6.45) is -1.69. The lowest BCUT2D eigenvalue weighted by atomic mass is 10.2. The fourth-order valence-electron chi connectivity index (χ4n) is 2.66. The van der Waals surface area contributed by atoms with Gasteiger partial charge in [0.2, 0.25) is 0 Å². The monoisotopic (exact) mass is 440 g/mol. The molecule has 1 aliphatic rings. The van der Waals surface area contributed by atoms with Crippen molar-refractivity contribution >= 4 is 33.2 Å². The van der Waals surface area contributed by atoms with E-state index in [0.717, 1.165) is 24.1 Å². The smallest absolute Gasteiger partial charge is 0.408 e. The SMILES string of the molecule is CC1=CCCC1NC(=O)Nc1ccc(Cl)c(S(=O)(=O)C(C)(C)C(F)(F)F)c1O. The van der Waals surface area contributed by atoms with Gasteiger partial charge in [0, 0.05) is 0 Å². The lowest BCUT2D eigenvalue weighted by Gasteiger charge is -2.28. The van der Waals surface area contributed by atoms with Crippen molar-refractivity contribution in [2.45, 2.75) is 55.5 Å². The number of halogens is 4. The van der Waals surface area contributed by atoms with Crippen molar-refractivity contribution in [2.24, 2.45) is 0 Å². The first-order valence-corrected chi connectivity index (χ1v) is 10.1. The van der Waals surface area contributed by atoms with Crippen molar-refractivity contribution in [3.8, 4) is 5.75 Å². The summed E-state index contributed by atoms with van der Waals surface area (Å²) in [7, 11) is -5.13. The van der Waals surface area contributed by atoms with Crippen molar-refractivity contribution in [3.63, 3.8) is 0 Å². The van der Waals surface area contributed by atoms with E-state index in [0.29, 0.717) is 20.3 Å². The highest BCUT2D eigenvalue weighted by Crippen LogP contribution is 2.46. The van der Waals surface area contributed by atoms with Crippen molar-refractivity contribution in [2.75, 3.05) is 5.32 Å². The van der Waals surface area contributed by atoms with Crippen molar-refractivity contribution in [3.05, 3.63) is 28.8 Å². The van der Waals surface area contributed by atoms with Gasteiger partial charge in [0.1, 0.15) is 4.90 Å². The number of sulfone groups is 1. The zero-order valence-electron chi connectivity index (χ0n) is 15.3. The predicted octanol–water partition coefficient (Wildman–Crippen LogP) is 4.39. The average molecular weight is 441 g/mol. The second-order valence-electron chi connectivity index (χ2n) is 6.96. The van der Waals surface area contributed by atoms with Crippen LogP contribution in [0.4, 0.5) is 23.7 Å². The molecule has 2 amide bonds. The Kier molecular flexibility index (Phi) is 5.96. The topological polar surface area (TPSA) is 95.5 Å². The minimum atomic E-state index is -5.13. The van der Waals surface area contributed by atoms with Crippen LogP contribution >= 0.6 is 11.6 Å². The van der Waals surface area contributed by atoms with Gasteiger partial charge in [0.15, 0.2) is 20.3 Å². The summed E-state index contributed by atoms with van der Waals surface area (Å²) in [5.41, 5.74) is 0.573. The molecule has 0 radical (unpaired) electrons. The van der Waals surface area contributed by atoms with Crippen LogP contribution in [0.1, 0.15) is 33.6 Å². The van der Waals surface area contributed by atoms with Gasteiger partial charge in [-0.1, -0.05) is 23.3 Å². The molecule has 2 rings (SSSR count). The maximum Gasteiger partial charge on any atom is 0.408 e. The summed E-state index contributed by atoms with van der Waals surface area (Å²) >= 11 is 5.79. The summed E-state index contributed by atoms with van der Waals surface area (Å²) in [4.78, 5) is 11.1. The normalized spacial score (nSPS) is 18.0. The van der Waals surface area contributed by atoms with E-state index < -0.39 is 42.5 Å². The number of carbonyl (C=O) groups is 1. The van der Waals surface area contributed by atoms with Gasteiger partial charge >= 0.3 is 12.2 Å². The number of amides is 2. The molecule has 1 atom stereocenters. The van der Waals surface area contributed by atoms with Gasteiger partial charge < -0.3 is 15.7 Å². The summed E-state index contributed by atoms with van der Waals surface area (Å²) in [5, 5.41) is 14.6. The van der Waals surface area contributed by atoms with E-state index in [1.54, 1.807) is 0 Å². The minimum absolute atomic E-state index is 0.221. The number of benzene rings is 1. The summed E-state index contributed by atoms with van der Waals surface area (Å²) in [6, 6.07) is 1.14. The Hall–Kier alpha value is -1.94. The Morgan fingerprint density at radius 1 is 1.29 bits per heavy atom. The van der Waals surface area contributed by atoms with Crippen LogP contribution in [0.3, 0.4) is 0 Å². The standard InChI is InChI=1S/C17H20ClF3N2O4S/c1-9-5-4-6-11(9)22-15(25)23-12-8-7-10(18)14(13(12)24)28(26,27)16(2,3)17(19,20)21/h5,7-8,11,24H,4,6H2,1-3H3,(H2,22,23,25). The average Bonchev–Trinajstić information content (AvgIpc) is 2.93. The molecule has 3 N–H and O–H groups in total. The third-order valence-corrected chi connectivity index (χ3v) is 7.68. The number of rotatable bonds is 4. The van der Waals surface area contributed by atoms with E-state index in [-0.39, 0.29) is 11.7 Å². The molecular weight excluding hydrogens is 421 g/mol. The first kappa shape index (κ1) is 22.4. The van der Waals surface area contributed by atoms with Crippen LogP contribution in [0.5, 0.6) is 5.75 Å². The molecule has 1 aromatic carbocycles. The molecule has 1 aromatic rings. The fraction of sp³-hybridized carbons (Fsp3) is 0.471. The fourth-order valence-corrected chi connectivity index (χ4v) is 4.62. The first-order chi connectivity index (χ1) is 12.7. The van der Waals surface area contributed by atoms with E-state index in [4.69, 9.17) is 11.6 Å². The number of phenolic OH excluding ortho intramolecular Hbond substituents is 1. The van der Waals surface area contributed by atoms with Gasteiger partial charge in [-0.15, -0.1) is 0 Å².